The van der Waals surface area contributed by atoms with Gasteiger partial charge in [0.15, 0.2) is 3.95 Å². The lowest BCUT2D eigenvalue weighted by Gasteiger charge is -2.16. The maximum atomic E-state index is 5.29. The highest BCUT2D eigenvalue weighted by Crippen LogP contribution is 2.15. The van der Waals surface area contributed by atoms with Crippen molar-refractivity contribution in [1.82, 2.24) is 14.7 Å². The van der Waals surface area contributed by atoms with Gasteiger partial charge in [0.25, 0.3) is 0 Å². The Balaban J connectivity index is 1.98. The van der Waals surface area contributed by atoms with E-state index in [1.54, 1.807) is 7.11 Å². The molecule has 0 aliphatic rings. The molecule has 1 N–H and O–H groups in total. The normalized spacial score (nSPS) is 10.8. The highest BCUT2D eigenvalue weighted by Gasteiger charge is 2.06. The second-order valence-corrected chi connectivity index (χ2v) is 6.05. The van der Waals surface area contributed by atoms with E-state index < -0.39 is 0 Å². The van der Waals surface area contributed by atoms with E-state index in [2.05, 4.69) is 27.4 Å². The molecule has 5 nitrogen and oxygen atoms in total. The first-order chi connectivity index (χ1) is 9.62. The fourth-order valence-corrected chi connectivity index (χ4v) is 2.76. The van der Waals surface area contributed by atoms with Crippen LogP contribution < -0.4 is 10.1 Å². The second kappa shape index (κ2) is 6.83. The molecule has 0 spiro atoms. The van der Waals surface area contributed by atoms with E-state index in [4.69, 9.17) is 17.0 Å². The van der Waals surface area contributed by atoms with Crippen molar-refractivity contribution in [2.45, 2.75) is 13.2 Å². The fraction of sp³-hybridized carbons (Fsp3) is 0.385. The van der Waals surface area contributed by atoms with E-state index in [9.17, 15) is 0 Å². The minimum absolute atomic E-state index is 0.670. The van der Waals surface area contributed by atoms with E-state index in [1.165, 1.54) is 16.9 Å². The number of anilines is 1. The molecule has 0 aliphatic heterocycles. The third kappa shape index (κ3) is 3.78. The van der Waals surface area contributed by atoms with Gasteiger partial charge in [-0.1, -0.05) is 23.5 Å². The molecule has 0 amide bonds. The summed E-state index contributed by atoms with van der Waals surface area (Å²) in [5.74, 6) is 0.872. The summed E-state index contributed by atoms with van der Waals surface area (Å²) in [6.07, 6.45) is 0. The molecule has 20 heavy (non-hydrogen) atoms. The Morgan fingerprint density at radius 3 is 2.65 bits per heavy atom. The number of nitrogens with zero attached hydrogens (tertiary/aromatic N) is 3. The summed E-state index contributed by atoms with van der Waals surface area (Å²) >= 11 is 6.77. The van der Waals surface area contributed by atoms with Crippen LogP contribution >= 0.6 is 23.6 Å². The van der Waals surface area contributed by atoms with Crippen LogP contribution in [0.5, 0.6) is 5.75 Å². The topological polar surface area (TPSA) is 42.3 Å². The Hall–Kier alpha value is -1.44. The van der Waals surface area contributed by atoms with Crippen LogP contribution in [0.1, 0.15) is 5.56 Å². The van der Waals surface area contributed by atoms with Crippen molar-refractivity contribution in [3.8, 4) is 5.75 Å². The van der Waals surface area contributed by atoms with Gasteiger partial charge in [0.1, 0.15) is 5.75 Å². The average molecular weight is 310 g/mol. The van der Waals surface area contributed by atoms with Gasteiger partial charge in [0.2, 0.25) is 5.13 Å². The van der Waals surface area contributed by atoms with Crippen LogP contribution in [0.3, 0.4) is 0 Å². The Kier molecular flexibility index (Phi) is 5.11. The highest BCUT2D eigenvalue weighted by molar-refractivity contribution is 7.73. The SMILES string of the molecule is CNc1nn(CN(C)Cc2ccc(OC)cc2)c(=S)s1. The monoisotopic (exact) mass is 310 g/mol. The Morgan fingerprint density at radius 1 is 1.40 bits per heavy atom. The van der Waals surface area contributed by atoms with Crippen molar-refractivity contribution in [3.05, 3.63) is 33.8 Å². The van der Waals surface area contributed by atoms with Crippen LogP contribution in [0.2, 0.25) is 0 Å². The smallest absolute Gasteiger partial charge is 0.204 e. The summed E-state index contributed by atoms with van der Waals surface area (Å²) in [5, 5.41) is 8.25. The Labute approximate surface area is 127 Å². The average Bonchev–Trinajstić information content (AvgIpc) is 2.80. The van der Waals surface area contributed by atoms with Crippen molar-refractivity contribution < 1.29 is 4.74 Å². The zero-order valence-electron chi connectivity index (χ0n) is 11.8. The van der Waals surface area contributed by atoms with E-state index in [0.29, 0.717) is 6.67 Å². The first-order valence-electron chi connectivity index (χ1n) is 6.19. The van der Waals surface area contributed by atoms with Crippen molar-refractivity contribution in [2.75, 3.05) is 26.5 Å². The molecule has 2 aromatic rings. The quantitative estimate of drug-likeness (QED) is 0.831. The molecule has 0 bridgehead atoms. The first-order valence-corrected chi connectivity index (χ1v) is 7.42. The molecule has 0 unspecified atom stereocenters. The van der Waals surface area contributed by atoms with E-state index in [1.807, 2.05) is 30.9 Å². The number of methoxy groups -OCH3 is 1. The fourth-order valence-electron chi connectivity index (χ4n) is 1.82. The van der Waals surface area contributed by atoms with Crippen molar-refractivity contribution in [3.63, 3.8) is 0 Å². The van der Waals surface area contributed by atoms with Gasteiger partial charge < -0.3 is 10.1 Å². The maximum Gasteiger partial charge on any atom is 0.204 e. The molecular weight excluding hydrogens is 292 g/mol. The van der Waals surface area contributed by atoms with Gasteiger partial charge in [0.05, 0.1) is 13.8 Å². The molecule has 0 radical (unpaired) electrons. The number of rotatable bonds is 6. The van der Waals surface area contributed by atoms with Gasteiger partial charge in [-0.2, -0.15) is 0 Å². The highest BCUT2D eigenvalue weighted by atomic mass is 32.1. The summed E-state index contributed by atoms with van der Waals surface area (Å²) in [4.78, 5) is 2.16. The van der Waals surface area contributed by atoms with Gasteiger partial charge in [-0.3, -0.25) is 4.90 Å². The van der Waals surface area contributed by atoms with E-state index >= 15 is 0 Å². The van der Waals surface area contributed by atoms with Crippen LogP contribution in [-0.4, -0.2) is 35.9 Å². The maximum absolute atomic E-state index is 5.29. The van der Waals surface area contributed by atoms with Crippen LogP contribution in [0.15, 0.2) is 24.3 Å². The van der Waals surface area contributed by atoms with Crippen LogP contribution in [0, 0.1) is 3.95 Å². The molecule has 0 saturated carbocycles. The zero-order chi connectivity index (χ0) is 14.5. The van der Waals surface area contributed by atoms with Gasteiger partial charge in [0, 0.05) is 13.6 Å². The molecule has 0 fully saturated rings. The molecule has 0 saturated heterocycles. The number of benzene rings is 1. The molecule has 0 atom stereocenters. The molecule has 108 valence electrons. The van der Waals surface area contributed by atoms with Crippen molar-refractivity contribution in [2.24, 2.45) is 0 Å². The first kappa shape index (κ1) is 15.0. The van der Waals surface area contributed by atoms with Crippen LogP contribution in [0.4, 0.5) is 5.13 Å². The number of hydrogen-bond acceptors (Lipinski definition) is 6. The summed E-state index contributed by atoms with van der Waals surface area (Å²) < 4.78 is 7.76. The van der Waals surface area contributed by atoms with E-state index in [0.717, 1.165) is 21.4 Å². The molecular formula is C13H18N4OS2. The zero-order valence-corrected chi connectivity index (χ0v) is 13.4. The second-order valence-electron chi connectivity index (χ2n) is 4.43. The van der Waals surface area contributed by atoms with Crippen LogP contribution in [0.25, 0.3) is 0 Å². The molecule has 1 aromatic carbocycles. The molecule has 0 aliphatic carbocycles. The lowest BCUT2D eigenvalue weighted by molar-refractivity contribution is 0.245. The summed E-state index contributed by atoms with van der Waals surface area (Å²) in [6, 6.07) is 8.07. The molecule has 7 heteroatoms. The Bertz CT molecular complexity index is 606. The molecule has 2 rings (SSSR count). The summed E-state index contributed by atoms with van der Waals surface area (Å²) in [7, 11) is 5.56. The minimum atomic E-state index is 0.670. The van der Waals surface area contributed by atoms with Gasteiger partial charge in [-0.05, 0) is 37.0 Å². The third-order valence-corrected chi connectivity index (χ3v) is 4.13. The van der Waals surface area contributed by atoms with Gasteiger partial charge >= 0.3 is 0 Å². The standard InChI is InChI=1S/C13H18N4OS2/c1-14-12-15-17(13(19)20-12)9-16(2)8-10-4-6-11(18-3)7-5-10/h4-7H,8-9H2,1-3H3,(H,14,15). The number of aromatic nitrogens is 2. The van der Waals surface area contributed by atoms with Gasteiger partial charge in [-0.15, -0.1) is 5.10 Å². The van der Waals surface area contributed by atoms with E-state index in [-0.39, 0.29) is 0 Å². The Morgan fingerprint density at radius 2 is 2.10 bits per heavy atom. The van der Waals surface area contributed by atoms with Crippen molar-refractivity contribution in [1.29, 1.82) is 0 Å². The number of nitrogens with one attached hydrogen (secondary N) is 1. The lowest BCUT2D eigenvalue weighted by Crippen LogP contribution is -2.22. The minimum Gasteiger partial charge on any atom is -0.497 e. The largest absolute Gasteiger partial charge is 0.497 e. The lowest BCUT2D eigenvalue weighted by atomic mass is 10.2. The molecule has 1 aromatic heterocycles. The predicted octanol–water partition coefficient (Wildman–Crippen LogP) is 2.81. The number of ether oxygens (including phenoxy) is 1. The predicted molar refractivity (Wildman–Crippen MR) is 84.9 cm³/mol. The third-order valence-electron chi connectivity index (χ3n) is 2.81. The number of hydrogen-bond donors (Lipinski definition) is 1. The van der Waals surface area contributed by atoms with Gasteiger partial charge in [-0.25, -0.2) is 4.68 Å². The summed E-state index contributed by atoms with van der Waals surface area (Å²) in [6.45, 7) is 1.50. The molecule has 1 heterocycles. The van der Waals surface area contributed by atoms with Crippen molar-refractivity contribution >= 4 is 28.7 Å². The summed E-state index contributed by atoms with van der Waals surface area (Å²) in [5.41, 5.74) is 1.23. The van der Waals surface area contributed by atoms with Crippen LogP contribution in [-0.2, 0) is 13.2 Å².